The number of nitrogens with zero attached hydrogens (tertiary/aromatic N) is 5. The Labute approximate surface area is 201 Å². The summed E-state index contributed by atoms with van der Waals surface area (Å²) < 4.78 is 6.60. The molecule has 0 atom stereocenters. The second-order valence-electron chi connectivity index (χ2n) is 8.56. The highest BCUT2D eigenvalue weighted by atomic mass is 35.5. The summed E-state index contributed by atoms with van der Waals surface area (Å²) >= 11 is 6.19. The Balaban J connectivity index is 1.99. The molecule has 5 aromatic rings. The Bertz CT molecular complexity index is 1620. The van der Waals surface area contributed by atoms with Gasteiger partial charge in [-0.3, -0.25) is 22.9 Å². The average Bonchev–Trinajstić information content (AvgIpc) is 3.38. The minimum Gasteiger partial charge on any atom is -0.279 e. The highest BCUT2D eigenvalue weighted by Gasteiger charge is 2.26. The third kappa shape index (κ3) is 3.39. The first-order valence-corrected chi connectivity index (χ1v) is 11.8. The number of halogens is 1. The molecule has 0 N–H and O–H groups in total. The fourth-order valence-corrected chi connectivity index (χ4v) is 4.75. The van der Waals surface area contributed by atoms with Crippen LogP contribution in [0.3, 0.4) is 0 Å². The van der Waals surface area contributed by atoms with Gasteiger partial charge in [0.15, 0.2) is 11.2 Å². The molecule has 0 amide bonds. The molecule has 2 aromatic carbocycles. The van der Waals surface area contributed by atoms with Gasteiger partial charge < -0.3 is 0 Å². The van der Waals surface area contributed by atoms with E-state index in [2.05, 4.69) is 23.6 Å². The molecule has 0 fully saturated rings. The van der Waals surface area contributed by atoms with Gasteiger partial charge in [-0.25, -0.2) is 4.79 Å². The molecular formula is C26H26ClN5O2. The van der Waals surface area contributed by atoms with Crippen LogP contribution in [-0.2, 0) is 20.5 Å². The Morgan fingerprint density at radius 1 is 0.912 bits per heavy atom. The molecule has 7 nitrogen and oxygen atoms in total. The Morgan fingerprint density at radius 2 is 1.62 bits per heavy atom. The fraction of sp³-hybridized carbons (Fsp3) is 0.269. The monoisotopic (exact) mass is 475 g/mol. The van der Waals surface area contributed by atoms with Gasteiger partial charge in [-0.1, -0.05) is 61.7 Å². The molecule has 0 aliphatic carbocycles. The third-order valence-corrected chi connectivity index (χ3v) is 6.61. The number of benzene rings is 2. The Hall–Kier alpha value is -3.58. The molecule has 8 heteroatoms. The van der Waals surface area contributed by atoms with Crippen molar-refractivity contribution in [1.29, 1.82) is 0 Å². The van der Waals surface area contributed by atoms with E-state index in [0.29, 0.717) is 22.0 Å². The Kier molecular flexibility index (Phi) is 5.65. The summed E-state index contributed by atoms with van der Waals surface area (Å²) in [6.07, 6.45) is 3.90. The largest absolute Gasteiger partial charge is 0.332 e. The second kappa shape index (κ2) is 8.65. The van der Waals surface area contributed by atoms with Crippen LogP contribution in [0.15, 0.2) is 64.2 Å². The molecular weight excluding hydrogens is 450 g/mol. The van der Waals surface area contributed by atoms with Gasteiger partial charge in [0.05, 0.1) is 11.4 Å². The van der Waals surface area contributed by atoms with Crippen molar-refractivity contribution in [2.45, 2.75) is 32.6 Å². The lowest BCUT2D eigenvalue weighted by molar-refractivity contribution is 0.698. The minimum absolute atomic E-state index is 0.352. The lowest BCUT2D eigenvalue weighted by atomic mass is 10.1. The standard InChI is InChI=1S/C26H26ClN5O2/c1-4-5-7-12-20-21(17-10-8-6-9-11-17)31(19-15-13-18(27)14-16-19)25-28-23-22(32(20)25)24(33)30(3)26(34)29(23)2/h6,8-11,13-16H,4-5,7,12H2,1-3H3. The highest BCUT2D eigenvalue weighted by Crippen LogP contribution is 2.34. The van der Waals surface area contributed by atoms with Gasteiger partial charge in [0, 0.05) is 30.4 Å². The first kappa shape index (κ1) is 22.2. The third-order valence-electron chi connectivity index (χ3n) is 6.36. The van der Waals surface area contributed by atoms with Gasteiger partial charge in [0.25, 0.3) is 5.56 Å². The molecule has 174 valence electrons. The molecule has 0 aliphatic heterocycles. The predicted molar refractivity (Wildman–Crippen MR) is 136 cm³/mol. The summed E-state index contributed by atoms with van der Waals surface area (Å²) in [5.41, 5.74) is 3.94. The van der Waals surface area contributed by atoms with E-state index < -0.39 is 5.69 Å². The summed E-state index contributed by atoms with van der Waals surface area (Å²) in [5, 5.41) is 0.640. The van der Waals surface area contributed by atoms with E-state index in [1.54, 1.807) is 7.05 Å². The first-order valence-electron chi connectivity index (χ1n) is 11.5. The number of hydrogen-bond acceptors (Lipinski definition) is 3. The van der Waals surface area contributed by atoms with E-state index >= 15 is 0 Å². The van der Waals surface area contributed by atoms with Crippen molar-refractivity contribution in [2.75, 3.05) is 0 Å². The zero-order valence-corrected chi connectivity index (χ0v) is 20.2. The molecule has 5 rings (SSSR count). The topological polar surface area (TPSA) is 66.2 Å². The summed E-state index contributed by atoms with van der Waals surface area (Å²) in [7, 11) is 3.16. The van der Waals surface area contributed by atoms with Crippen LogP contribution in [0.4, 0.5) is 0 Å². The summed E-state index contributed by atoms with van der Waals surface area (Å²) in [6.45, 7) is 2.17. The SMILES string of the molecule is CCCCCc1c(-c2ccccc2)n(-c2ccc(Cl)cc2)c2nc3c(c(=O)n(C)c(=O)n3C)n12. The predicted octanol–water partition coefficient (Wildman–Crippen LogP) is 4.73. The van der Waals surface area contributed by atoms with E-state index in [1.807, 2.05) is 46.9 Å². The van der Waals surface area contributed by atoms with Gasteiger partial charge in [-0.05, 0) is 37.1 Å². The molecule has 0 bridgehead atoms. The van der Waals surface area contributed by atoms with Gasteiger partial charge in [-0.15, -0.1) is 0 Å². The maximum atomic E-state index is 13.4. The number of aromatic nitrogens is 5. The molecule has 0 saturated heterocycles. The van der Waals surface area contributed by atoms with Gasteiger partial charge in [-0.2, -0.15) is 4.98 Å². The lowest BCUT2D eigenvalue weighted by Crippen LogP contribution is -2.37. The van der Waals surface area contributed by atoms with E-state index in [1.165, 1.54) is 11.6 Å². The van der Waals surface area contributed by atoms with Gasteiger partial charge in [0.2, 0.25) is 5.78 Å². The molecule has 0 saturated carbocycles. The van der Waals surface area contributed by atoms with E-state index in [4.69, 9.17) is 16.6 Å². The number of rotatable bonds is 6. The van der Waals surface area contributed by atoms with Crippen molar-refractivity contribution in [2.24, 2.45) is 14.1 Å². The first-order chi connectivity index (χ1) is 16.4. The summed E-state index contributed by atoms with van der Waals surface area (Å²) in [5.74, 6) is 0.598. The average molecular weight is 476 g/mol. The van der Waals surface area contributed by atoms with E-state index in [-0.39, 0.29) is 5.56 Å². The van der Waals surface area contributed by atoms with Crippen molar-refractivity contribution >= 4 is 28.5 Å². The number of hydrogen-bond donors (Lipinski definition) is 0. The van der Waals surface area contributed by atoms with Crippen molar-refractivity contribution in [3.8, 4) is 16.9 Å². The molecule has 0 unspecified atom stereocenters. The van der Waals surface area contributed by atoms with Crippen LogP contribution in [0.2, 0.25) is 5.02 Å². The molecule has 0 aliphatic rings. The van der Waals surface area contributed by atoms with E-state index in [0.717, 1.165) is 52.9 Å². The number of aryl methyl sites for hydroxylation is 2. The van der Waals surface area contributed by atoms with Crippen LogP contribution in [0.25, 0.3) is 33.9 Å². The minimum atomic E-state index is -0.396. The maximum Gasteiger partial charge on any atom is 0.332 e. The van der Waals surface area contributed by atoms with Crippen molar-refractivity contribution in [3.05, 3.63) is 86.2 Å². The molecule has 3 heterocycles. The number of imidazole rings is 2. The van der Waals surface area contributed by atoms with Gasteiger partial charge in [0.1, 0.15) is 0 Å². The quantitative estimate of drug-likeness (QED) is 0.333. The Morgan fingerprint density at radius 3 is 2.29 bits per heavy atom. The molecule has 34 heavy (non-hydrogen) atoms. The van der Waals surface area contributed by atoms with Crippen LogP contribution in [0.1, 0.15) is 31.9 Å². The maximum absolute atomic E-state index is 13.4. The number of unbranched alkanes of at least 4 members (excludes halogenated alkanes) is 2. The molecule has 3 aromatic heterocycles. The summed E-state index contributed by atoms with van der Waals surface area (Å²) in [6, 6.07) is 17.7. The van der Waals surface area contributed by atoms with Crippen molar-refractivity contribution in [1.82, 2.24) is 23.1 Å². The van der Waals surface area contributed by atoms with Crippen molar-refractivity contribution in [3.63, 3.8) is 0 Å². The number of fused-ring (bicyclic) bond motifs is 3. The lowest BCUT2D eigenvalue weighted by Gasteiger charge is -2.12. The van der Waals surface area contributed by atoms with E-state index in [9.17, 15) is 9.59 Å². The van der Waals surface area contributed by atoms with Gasteiger partial charge >= 0.3 is 5.69 Å². The highest BCUT2D eigenvalue weighted by molar-refractivity contribution is 6.30. The normalized spacial score (nSPS) is 11.6. The van der Waals surface area contributed by atoms with Crippen LogP contribution in [0.5, 0.6) is 0 Å². The zero-order chi connectivity index (χ0) is 24.0. The second-order valence-corrected chi connectivity index (χ2v) is 8.99. The van der Waals surface area contributed by atoms with Crippen LogP contribution in [0, 0.1) is 0 Å². The van der Waals surface area contributed by atoms with Crippen LogP contribution >= 0.6 is 11.6 Å². The fourth-order valence-electron chi connectivity index (χ4n) is 4.62. The van der Waals surface area contributed by atoms with Crippen molar-refractivity contribution < 1.29 is 0 Å². The molecule has 0 radical (unpaired) electrons. The smallest absolute Gasteiger partial charge is 0.279 e. The molecule has 0 spiro atoms. The van der Waals surface area contributed by atoms with Crippen LogP contribution < -0.4 is 11.2 Å². The summed E-state index contributed by atoms with van der Waals surface area (Å²) in [4.78, 5) is 30.8. The zero-order valence-electron chi connectivity index (χ0n) is 19.5. The van der Waals surface area contributed by atoms with Crippen LogP contribution in [-0.4, -0.2) is 23.1 Å².